The van der Waals surface area contributed by atoms with Gasteiger partial charge in [0.25, 0.3) is 0 Å². The normalized spacial score (nSPS) is 37.2. The van der Waals surface area contributed by atoms with Crippen molar-refractivity contribution in [1.82, 2.24) is 0 Å². The van der Waals surface area contributed by atoms with Gasteiger partial charge in [0, 0.05) is 12.5 Å². The van der Waals surface area contributed by atoms with E-state index in [2.05, 4.69) is 0 Å². The van der Waals surface area contributed by atoms with Crippen LogP contribution in [0.4, 0.5) is 13.2 Å². The first-order chi connectivity index (χ1) is 5.42. The maximum atomic E-state index is 12.2. The van der Waals surface area contributed by atoms with E-state index in [1.54, 1.807) is 0 Å². The van der Waals surface area contributed by atoms with Crippen molar-refractivity contribution in [3.63, 3.8) is 0 Å². The van der Waals surface area contributed by atoms with Crippen LogP contribution < -0.4 is 0 Å². The maximum Gasteiger partial charge on any atom is 0.417 e. The van der Waals surface area contributed by atoms with Crippen LogP contribution in [0.1, 0.15) is 19.3 Å². The first-order valence-corrected chi connectivity index (χ1v) is 3.82. The molecular formula is C7H11F3O2. The zero-order valence-electron chi connectivity index (χ0n) is 6.43. The third kappa shape index (κ3) is 1.31. The Morgan fingerprint density at radius 2 is 2.00 bits per heavy atom. The molecule has 1 saturated carbocycles. The topological polar surface area (TPSA) is 40.5 Å². The highest BCUT2D eigenvalue weighted by Gasteiger charge is 2.59. The zero-order chi connectivity index (χ0) is 9.41. The van der Waals surface area contributed by atoms with E-state index >= 15 is 0 Å². The van der Waals surface area contributed by atoms with E-state index in [4.69, 9.17) is 5.11 Å². The van der Waals surface area contributed by atoms with Crippen molar-refractivity contribution in [2.45, 2.75) is 31.0 Å². The van der Waals surface area contributed by atoms with Crippen LogP contribution in [0.3, 0.4) is 0 Å². The second-order valence-electron chi connectivity index (χ2n) is 3.19. The molecule has 2 N–H and O–H groups in total. The lowest BCUT2D eigenvalue weighted by molar-refractivity contribution is -0.275. The van der Waals surface area contributed by atoms with Gasteiger partial charge in [0.05, 0.1) is 0 Å². The van der Waals surface area contributed by atoms with Gasteiger partial charge in [-0.25, -0.2) is 0 Å². The van der Waals surface area contributed by atoms with Gasteiger partial charge in [0.15, 0.2) is 5.60 Å². The number of hydrogen-bond donors (Lipinski definition) is 2. The van der Waals surface area contributed by atoms with Gasteiger partial charge in [-0.1, -0.05) is 0 Å². The molecule has 0 radical (unpaired) electrons. The van der Waals surface area contributed by atoms with E-state index in [1.165, 1.54) is 0 Å². The van der Waals surface area contributed by atoms with Crippen molar-refractivity contribution in [2.75, 3.05) is 6.61 Å². The van der Waals surface area contributed by atoms with E-state index in [9.17, 15) is 18.3 Å². The SMILES string of the molecule is OCC1CCCC1(O)C(F)(F)F. The van der Waals surface area contributed by atoms with Gasteiger partial charge in [0.1, 0.15) is 0 Å². The molecule has 72 valence electrons. The van der Waals surface area contributed by atoms with E-state index in [-0.39, 0.29) is 12.8 Å². The lowest BCUT2D eigenvalue weighted by Gasteiger charge is -2.30. The van der Waals surface area contributed by atoms with E-state index < -0.39 is 24.3 Å². The van der Waals surface area contributed by atoms with Crippen LogP contribution in [0.15, 0.2) is 0 Å². The molecule has 0 heterocycles. The van der Waals surface area contributed by atoms with Gasteiger partial charge in [-0.15, -0.1) is 0 Å². The summed E-state index contributed by atoms with van der Waals surface area (Å²) in [7, 11) is 0. The van der Waals surface area contributed by atoms with Crippen LogP contribution in [-0.4, -0.2) is 28.6 Å². The Kier molecular flexibility index (Phi) is 2.35. The number of halogens is 3. The van der Waals surface area contributed by atoms with Crippen molar-refractivity contribution in [3.05, 3.63) is 0 Å². The molecule has 2 nitrogen and oxygen atoms in total. The summed E-state index contributed by atoms with van der Waals surface area (Å²) in [6, 6.07) is 0. The lowest BCUT2D eigenvalue weighted by Crippen LogP contribution is -2.49. The molecule has 0 saturated heterocycles. The Balaban J connectivity index is 2.82. The van der Waals surface area contributed by atoms with Crippen LogP contribution in [0.5, 0.6) is 0 Å². The van der Waals surface area contributed by atoms with Gasteiger partial charge < -0.3 is 10.2 Å². The average molecular weight is 184 g/mol. The Bertz CT molecular complexity index is 169. The highest BCUT2D eigenvalue weighted by molar-refractivity contribution is 4.97. The molecule has 0 spiro atoms. The molecule has 0 bridgehead atoms. The third-order valence-corrected chi connectivity index (χ3v) is 2.50. The quantitative estimate of drug-likeness (QED) is 0.640. The summed E-state index contributed by atoms with van der Waals surface area (Å²) in [5.41, 5.74) is -2.65. The molecule has 0 aliphatic heterocycles. The molecule has 0 aromatic heterocycles. The minimum atomic E-state index is -4.61. The van der Waals surface area contributed by atoms with E-state index in [0.29, 0.717) is 6.42 Å². The average Bonchev–Trinajstić information content (AvgIpc) is 2.30. The molecular weight excluding hydrogens is 173 g/mol. The summed E-state index contributed by atoms with van der Waals surface area (Å²) in [4.78, 5) is 0. The van der Waals surface area contributed by atoms with Gasteiger partial charge in [-0.3, -0.25) is 0 Å². The van der Waals surface area contributed by atoms with Crippen molar-refractivity contribution in [3.8, 4) is 0 Å². The molecule has 1 aliphatic carbocycles. The Morgan fingerprint density at radius 3 is 2.33 bits per heavy atom. The number of aliphatic hydroxyl groups is 2. The first-order valence-electron chi connectivity index (χ1n) is 3.82. The molecule has 1 fully saturated rings. The van der Waals surface area contributed by atoms with Gasteiger partial charge >= 0.3 is 6.18 Å². The van der Waals surface area contributed by atoms with Gasteiger partial charge in [0.2, 0.25) is 0 Å². The fraction of sp³-hybridized carbons (Fsp3) is 1.00. The number of alkyl halides is 3. The summed E-state index contributed by atoms with van der Waals surface area (Å²) in [5, 5.41) is 17.8. The van der Waals surface area contributed by atoms with Crippen molar-refractivity contribution >= 4 is 0 Å². The first kappa shape index (κ1) is 9.80. The maximum absolute atomic E-state index is 12.2. The summed E-state index contributed by atoms with van der Waals surface area (Å²) in [6.07, 6.45) is -4.34. The standard InChI is InChI=1S/C7H11F3O2/c8-7(9,10)6(12)3-1-2-5(6)4-11/h5,11-12H,1-4H2. The molecule has 2 atom stereocenters. The van der Waals surface area contributed by atoms with Gasteiger partial charge in [-0.2, -0.15) is 13.2 Å². The lowest BCUT2D eigenvalue weighted by atomic mass is 9.91. The number of aliphatic hydroxyl groups excluding tert-OH is 1. The Hall–Kier alpha value is -0.290. The zero-order valence-corrected chi connectivity index (χ0v) is 6.43. The molecule has 0 amide bonds. The van der Waals surface area contributed by atoms with Crippen LogP contribution >= 0.6 is 0 Å². The predicted octanol–water partition coefficient (Wildman–Crippen LogP) is 1.07. The van der Waals surface area contributed by atoms with E-state index in [1.807, 2.05) is 0 Å². The van der Waals surface area contributed by atoms with Crippen molar-refractivity contribution < 1.29 is 23.4 Å². The molecule has 12 heavy (non-hydrogen) atoms. The highest BCUT2D eigenvalue weighted by Crippen LogP contribution is 2.46. The summed E-state index contributed by atoms with van der Waals surface area (Å²) >= 11 is 0. The van der Waals surface area contributed by atoms with Crippen LogP contribution in [0.2, 0.25) is 0 Å². The van der Waals surface area contributed by atoms with Crippen molar-refractivity contribution in [1.29, 1.82) is 0 Å². The van der Waals surface area contributed by atoms with E-state index in [0.717, 1.165) is 0 Å². The Labute approximate surface area is 68.0 Å². The molecule has 2 unspecified atom stereocenters. The minimum Gasteiger partial charge on any atom is -0.396 e. The smallest absolute Gasteiger partial charge is 0.396 e. The minimum absolute atomic E-state index is 0.243. The van der Waals surface area contributed by atoms with Gasteiger partial charge in [-0.05, 0) is 19.3 Å². The monoisotopic (exact) mass is 184 g/mol. The fourth-order valence-electron chi connectivity index (χ4n) is 1.68. The highest BCUT2D eigenvalue weighted by atomic mass is 19.4. The summed E-state index contributed by atoms with van der Waals surface area (Å²) in [6.45, 7) is -0.601. The van der Waals surface area contributed by atoms with Crippen molar-refractivity contribution in [2.24, 2.45) is 5.92 Å². The van der Waals surface area contributed by atoms with Crippen LogP contribution in [-0.2, 0) is 0 Å². The van der Waals surface area contributed by atoms with Crippen LogP contribution in [0, 0.1) is 5.92 Å². The summed E-state index contributed by atoms with van der Waals surface area (Å²) < 4.78 is 36.7. The predicted molar refractivity (Wildman–Crippen MR) is 35.4 cm³/mol. The second-order valence-corrected chi connectivity index (χ2v) is 3.19. The number of hydrogen-bond acceptors (Lipinski definition) is 2. The molecule has 1 rings (SSSR count). The Morgan fingerprint density at radius 1 is 1.42 bits per heavy atom. The molecule has 1 aliphatic rings. The third-order valence-electron chi connectivity index (χ3n) is 2.50. The largest absolute Gasteiger partial charge is 0.417 e. The molecule has 0 aromatic rings. The molecule has 0 aromatic carbocycles. The number of rotatable bonds is 1. The second kappa shape index (κ2) is 2.88. The molecule has 5 heteroatoms. The fourth-order valence-corrected chi connectivity index (χ4v) is 1.68. The summed E-state index contributed by atoms with van der Waals surface area (Å²) in [5.74, 6) is -1.04. The van der Waals surface area contributed by atoms with Crippen LogP contribution in [0.25, 0.3) is 0 Å².